The number of fused-ring (bicyclic) bond motifs is 2. The number of para-hydroxylation sites is 1. The molecule has 0 fully saturated rings. The van der Waals surface area contributed by atoms with E-state index >= 15 is 0 Å². The third-order valence-electron chi connectivity index (χ3n) is 4.33. The lowest BCUT2D eigenvalue weighted by Crippen LogP contribution is -2.34. The topological polar surface area (TPSA) is 73.7 Å². The molecule has 2 atom stereocenters. The molecule has 0 aliphatic carbocycles. The first-order valence-electron chi connectivity index (χ1n) is 8.18. The van der Waals surface area contributed by atoms with Crippen molar-refractivity contribution in [2.45, 2.75) is 32.7 Å². The van der Waals surface area contributed by atoms with Gasteiger partial charge in [-0.3, -0.25) is 4.79 Å². The van der Waals surface area contributed by atoms with E-state index in [1.54, 1.807) is 0 Å². The summed E-state index contributed by atoms with van der Waals surface area (Å²) in [6, 6.07) is 13.1. The van der Waals surface area contributed by atoms with Crippen LogP contribution in [0.2, 0.25) is 0 Å². The summed E-state index contributed by atoms with van der Waals surface area (Å²) in [6.07, 6.45) is 0. The van der Waals surface area contributed by atoms with Crippen molar-refractivity contribution >= 4 is 23.0 Å². The van der Waals surface area contributed by atoms with E-state index in [0.717, 1.165) is 28.1 Å². The molecule has 0 saturated heterocycles. The van der Waals surface area contributed by atoms with Gasteiger partial charge in [0.25, 0.3) is 0 Å². The summed E-state index contributed by atoms with van der Waals surface area (Å²) in [6.45, 7) is 6.00. The van der Waals surface area contributed by atoms with Crippen LogP contribution in [-0.2, 0) is 4.79 Å². The zero-order valence-electron chi connectivity index (χ0n) is 14.0. The van der Waals surface area contributed by atoms with Gasteiger partial charge in [-0.05, 0) is 24.6 Å². The van der Waals surface area contributed by atoms with Gasteiger partial charge in [0.15, 0.2) is 0 Å². The van der Waals surface area contributed by atoms with E-state index in [4.69, 9.17) is 0 Å². The number of nitrogens with one attached hydrogen (secondary N) is 2. The van der Waals surface area contributed by atoms with Crippen LogP contribution in [0.15, 0.2) is 47.6 Å². The lowest BCUT2D eigenvalue weighted by atomic mass is 9.89. The van der Waals surface area contributed by atoms with Crippen molar-refractivity contribution in [3.63, 3.8) is 0 Å². The van der Waals surface area contributed by atoms with E-state index in [2.05, 4.69) is 15.8 Å². The number of hydrogen-bond donors (Lipinski definition) is 3. The van der Waals surface area contributed by atoms with Crippen molar-refractivity contribution in [1.82, 2.24) is 0 Å². The zero-order chi connectivity index (χ0) is 17.3. The van der Waals surface area contributed by atoms with Crippen molar-refractivity contribution in [1.29, 1.82) is 0 Å². The Labute approximate surface area is 141 Å². The van der Waals surface area contributed by atoms with E-state index in [1.165, 1.54) is 0 Å². The van der Waals surface area contributed by atoms with Crippen LogP contribution in [0.3, 0.4) is 0 Å². The second-order valence-electron chi connectivity index (χ2n) is 5.71. The normalized spacial score (nSPS) is 22.1. The van der Waals surface area contributed by atoms with E-state index in [1.807, 2.05) is 63.2 Å². The average molecular weight is 323 g/mol. The molecule has 3 N–H and O–H groups in total. The molecule has 2 unspecified atom stereocenters. The first-order valence-corrected chi connectivity index (χ1v) is 8.18. The van der Waals surface area contributed by atoms with Crippen molar-refractivity contribution in [3.05, 3.63) is 59.2 Å². The molecule has 0 spiro atoms. The maximum atomic E-state index is 12.5. The summed E-state index contributed by atoms with van der Waals surface area (Å²) < 4.78 is 0. The summed E-state index contributed by atoms with van der Waals surface area (Å²) in [5, 5.41) is 19.1. The zero-order valence-corrected chi connectivity index (χ0v) is 14.0. The molecule has 1 amide bonds. The highest BCUT2D eigenvalue weighted by atomic mass is 16.4. The Morgan fingerprint density at radius 1 is 1.08 bits per heavy atom. The third kappa shape index (κ3) is 2.42. The summed E-state index contributed by atoms with van der Waals surface area (Å²) in [5.74, 6) is -0.486. The number of nitrogens with zero attached hydrogens (tertiary/aromatic N) is 1. The quantitative estimate of drug-likeness (QED) is 0.553. The molecule has 5 heteroatoms. The maximum Gasteiger partial charge on any atom is 0.234 e. The monoisotopic (exact) mass is 323 g/mol. The van der Waals surface area contributed by atoms with Gasteiger partial charge in [-0.1, -0.05) is 54.9 Å². The summed E-state index contributed by atoms with van der Waals surface area (Å²) >= 11 is 0. The number of oxime groups is 1. The Hall–Kier alpha value is -2.82. The van der Waals surface area contributed by atoms with Crippen LogP contribution in [0.4, 0.5) is 11.4 Å². The predicted octanol–water partition coefficient (Wildman–Crippen LogP) is 3.73. The maximum absolute atomic E-state index is 12.5. The molecule has 2 aromatic carbocycles. The Balaban J connectivity index is 0.000000815. The van der Waals surface area contributed by atoms with Crippen LogP contribution < -0.4 is 10.6 Å². The van der Waals surface area contributed by atoms with Crippen LogP contribution in [0.25, 0.3) is 0 Å². The van der Waals surface area contributed by atoms with Gasteiger partial charge in [0.2, 0.25) is 5.91 Å². The second kappa shape index (κ2) is 6.35. The van der Waals surface area contributed by atoms with Gasteiger partial charge in [-0.15, -0.1) is 0 Å². The molecule has 5 nitrogen and oxygen atoms in total. The van der Waals surface area contributed by atoms with Gasteiger partial charge in [0, 0.05) is 16.9 Å². The number of benzene rings is 2. The minimum atomic E-state index is -0.409. The molecule has 0 radical (unpaired) electrons. The minimum absolute atomic E-state index is 0.0768. The minimum Gasteiger partial charge on any atom is -0.411 e. The largest absolute Gasteiger partial charge is 0.411 e. The van der Waals surface area contributed by atoms with E-state index in [0.29, 0.717) is 5.71 Å². The number of rotatable bonds is 1. The molecule has 4 rings (SSSR count). The van der Waals surface area contributed by atoms with Crippen molar-refractivity contribution < 1.29 is 10.0 Å². The Morgan fingerprint density at radius 3 is 2.58 bits per heavy atom. The fourth-order valence-corrected chi connectivity index (χ4v) is 3.33. The molecule has 2 heterocycles. The summed E-state index contributed by atoms with van der Waals surface area (Å²) in [7, 11) is 0. The molecular weight excluding hydrogens is 302 g/mol. The van der Waals surface area contributed by atoms with Gasteiger partial charge < -0.3 is 15.8 Å². The van der Waals surface area contributed by atoms with Crippen LogP contribution >= 0.6 is 0 Å². The van der Waals surface area contributed by atoms with Gasteiger partial charge in [0.05, 0.1) is 12.0 Å². The van der Waals surface area contributed by atoms with Crippen LogP contribution in [0.5, 0.6) is 0 Å². The fourth-order valence-electron chi connectivity index (χ4n) is 3.33. The first-order chi connectivity index (χ1) is 11.7. The lowest BCUT2D eigenvalue weighted by molar-refractivity contribution is -0.117. The summed E-state index contributed by atoms with van der Waals surface area (Å²) in [5.41, 5.74) is 5.09. The van der Waals surface area contributed by atoms with Gasteiger partial charge in [-0.2, -0.15) is 0 Å². The molecule has 24 heavy (non-hydrogen) atoms. The predicted molar refractivity (Wildman–Crippen MR) is 96.1 cm³/mol. The number of carbonyl (C=O) groups is 1. The number of amides is 1. The van der Waals surface area contributed by atoms with Gasteiger partial charge >= 0.3 is 0 Å². The highest BCUT2D eigenvalue weighted by Gasteiger charge is 2.43. The Morgan fingerprint density at radius 2 is 1.83 bits per heavy atom. The Kier molecular flexibility index (Phi) is 4.25. The SMILES string of the molecule is CC.Cc1ccc2c(c1)C(C1Nc3ccccc3/C1=N\O)C(=O)N2. The number of carbonyl (C=O) groups excluding carboxylic acids is 1. The summed E-state index contributed by atoms with van der Waals surface area (Å²) in [4.78, 5) is 12.5. The molecule has 0 aromatic heterocycles. The standard InChI is InChI=1S/C17H15N3O2.C2H6/c1-9-6-7-13-11(8-9)14(17(21)19-13)16-15(20-22)10-4-2-3-5-12(10)18-16;1-2/h2-8,14,16,18,22H,1H3,(H,19,21);1-2H3/b20-15+;. The smallest absolute Gasteiger partial charge is 0.234 e. The van der Waals surface area contributed by atoms with Gasteiger partial charge in [-0.25, -0.2) is 0 Å². The van der Waals surface area contributed by atoms with Crippen molar-refractivity contribution in [2.75, 3.05) is 10.6 Å². The number of hydrogen-bond acceptors (Lipinski definition) is 4. The van der Waals surface area contributed by atoms with Crippen LogP contribution in [0.1, 0.15) is 36.5 Å². The molecule has 2 aliphatic heterocycles. The van der Waals surface area contributed by atoms with E-state index in [9.17, 15) is 10.0 Å². The highest BCUT2D eigenvalue weighted by molar-refractivity contribution is 6.18. The van der Waals surface area contributed by atoms with Crippen LogP contribution in [0, 0.1) is 6.92 Å². The highest BCUT2D eigenvalue weighted by Crippen LogP contribution is 2.40. The van der Waals surface area contributed by atoms with Crippen LogP contribution in [-0.4, -0.2) is 22.9 Å². The van der Waals surface area contributed by atoms with Gasteiger partial charge in [0.1, 0.15) is 5.71 Å². The molecule has 2 aromatic rings. The first kappa shape index (κ1) is 16.1. The van der Waals surface area contributed by atoms with Crippen molar-refractivity contribution in [2.24, 2.45) is 5.16 Å². The molecule has 0 bridgehead atoms. The second-order valence-corrected chi connectivity index (χ2v) is 5.71. The lowest BCUT2D eigenvalue weighted by Gasteiger charge is -2.18. The average Bonchev–Trinajstić information content (AvgIpc) is 3.12. The van der Waals surface area contributed by atoms with E-state index in [-0.39, 0.29) is 11.9 Å². The number of aryl methyl sites for hydroxylation is 1. The van der Waals surface area contributed by atoms with E-state index < -0.39 is 5.92 Å². The number of anilines is 2. The van der Waals surface area contributed by atoms with Crippen molar-refractivity contribution in [3.8, 4) is 0 Å². The third-order valence-corrected chi connectivity index (χ3v) is 4.33. The Bertz CT molecular complexity index is 814. The molecule has 2 aliphatic rings. The molecule has 0 saturated carbocycles. The molecular formula is C19H21N3O2. The molecule has 124 valence electrons. The fraction of sp³-hybridized carbons (Fsp3) is 0.263.